The Morgan fingerprint density at radius 2 is 2.18 bits per heavy atom. The average molecular weight is 256 g/mol. The fourth-order valence-corrected chi connectivity index (χ4v) is 2.36. The summed E-state index contributed by atoms with van der Waals surface area (Å²) >= 11 is 1.14. The second-order valence-corrected chi connectivity index (χ2v) is 4.58. The molecule has 1 N–H and O–H groups in total. The van der Waals surface area contributed by atoms with E-state index in [4.69, 9.17) is 5.11 Å². The summed E-state index contributed by atoms with van der Waals surface area (Å²) in [6.07, 6.45) is 2.66. The van der Waals surface area contributed by atoms with Crippen molar-refractivity contribution in [2.75, 3.05) is 13.1 Å². The second kappa shape index (κ2) is 6.44. The predicted octanol–water partition coefficient (Wildman–Crippen LogP) is 1.71. The third kappa shape index (κ3) is 3.59. The van der Waals surface area contributed by atoms with Gasteiger partial charge in [0.2, 0.25) is 0 Å². The Labute approximate surface area is 105 Å². The molecule has 5 nitrogen and oxygen atoms in total. The van der Waals surface area contributed by atoms with E-state index in [2.05, 4.69) is 4.99 Å². The summed E-state index contributed by atoms with van der Waals surface area (Å²) in [5, 5.41) is 9.29. The Hall–Kier alpha value is -1.30. The van der Waals surface area contributed by atoms with E-state index in [-0.39, 0.29) is 10.8 Å². The number of nitrogens with zero attached hydrogens (tertiary/aromatic N) is 2. The van der Waals surface area contributed by atoms with Crippen LogP contribution in [-0.4, -0.2) is 40.1 Å². The lowest BCUT2D eigenvalue weighted by Gasteiger charge is -2.13. The molecule has 0 saturated carbocycles. The first-order valence-corrected chi connectivity index (χ1v) is 6.40. The van der Waals surface area contributed by atoms with Crippen molar-refractivity contribution in [2.45, 2.75) is 26.7 Å². The number of hydrogen-bond donors (Lipinski definition) is 1. The maximum Gasteiger partial charge on any atom is 0.329 e. The number of amidine groups is 1. The maximum atomic E-state index is 11.9. The van der Waals surface area contributed by atoms with Gasteiger partial charge in [-0.1, -0.05) is 13.8 Å². The monoisotopic (exact) mass is 256 g/mol. The van der Waals surface area contributed by atoms with Gasteiger partial charge in [0.15, 0.2) is 5.17 Å². The standard InChI is InChI=1S/C11H16N2O3S/c1-3-5-12-11-13(6-4-2)10(16)8(17-11)7-9(14)15/h7H,3-6H2,1-2H3,(H,14,15)/b8-7-,12-11?. The van der Waals surface area contributed by atoms with Gasteiger partial charge in [0.05, 0.1) is 4.91 Å². The van der Waals surface area contributed by atoms with E-state index in [1.807, 2.05) is 13.8 Å². The number of carbonyl (C=O) groups is 2. The Bertz CT molecular complexity index is 377. The lowest BCUT2D eigenvalue weighted by Crippen LogP contribution is -2.30. The smallest absolute Gasteiger partial charge is 0.329 e. The van der Waals surface area contributed by atoms with Crippen LogP contribution in [0.2, 0.25) is 0 Å². The SMILES string of the molecule is CCCN=C1S/C(=C\C(=O)O)C(=O)N1CCC. The molecule has 1 saturated heterocycles. The molecule has 1 aliphatic heterocycles. The summed E-state index contributed by atoms with van der Waals surface area (Å²) in [6.45, 7) is 5.19. The van der Waals surface area contributed by atoms with Crippen molar-refractivity contribution in [2.24, 2.45) is 4.99 Å². The van der Waals surface area contributed by atoms with Crippen LogP contribution in [0.1, 0.15) is 26.7 Å². The highest BCUT2D eigenvalue weighted by atomic mass is 32.2. The molecule has 0 atom stereocenters. The van der Waals surface area contributed by atoms with Crippen molar-refractivity contribution in [3.63, 3.8) is 0 Å². The first kappa shape index (κ1) is 13.8. The molecule has 0 aromatic carbocycles. The number of hydrogen-bond acceptors (Lipinski definition) is 4. The summed E-state index contributed by atoms with van der Waals surface area (Å²) in [4.78, 5) is 28.6. The lowest BCUT2D eigenvalue weighted by atomic mass is 10.4. The van der Waals surface area contributed by atoms with Gasteiger partial charge in [-0.15, -0.1) is 0 Å². The summed E-state index contributed by atoms with van der Waals surface area (Å²) in [5.74, 6) is -1.36. The quantitative estimate of drug-likeness (QED) is 0.760. The molecule has 0 aromatic heterocycles. The lowest BCUT2D eigenvalue weighted by molar-refractivity contribution is -0.132. The number of carboxylic acid groups (broad SMARTS) is 1. The fraction of sp³-hybridized carbons (Fsp3) is 0.545. The van der Waals surface area contributed by atoms with E-state index >= 15 is 0 Å². The third-order valence-electron chi connectivity index (χ3n) is 2.06. The maximum absolute atomic E-state index is 11.9. The number of aliphatic carboxylic acids is 1. The average Bonchev–Trinajstić information content (AvgIpc) is 2.55. The molecule has 1 heterocycles. The molecular formula is C11H16N2O3S. The fourth-order valence-electron chi connectivity index (χ4n) is 1.37. The van der Waals surface area contributed by atoms with Crippen molar-refractivity contribution < 1.29 is 14.7 Å². The molecule has 94 valence electrons. The van der Waals surface area contributed by atoms with Gasteiger partial charge < -0.3 is 5.11 Å². The Kier molecular flexibility index (Phi) is 5.21. The molecule has 0 aromatic rings. The summed E-state index contributed by atoms with van der Waals surface area (Å²) in [5.41, 5.74) is 0. The first-order chi connectivity index (χ1) is 8.10. The van der Waals surface area contributed by atoms with Crippen LogP contribution in [0.3, 0.4) is 0 Å². The minimum Gasteiger partial charge on any atom is -0.478 e. The zero-order valence-corrected chi connectivity index (χ0v) is 10.8. The highest BCUT2D eigenvalue weighted by Crippen LogP contribution is 2.30. The van der Waals surface area contributed by atoms with Crippen LogP contribution < -0.4 is 0 Å². The number of aliphatic imine (C=N–C) groups is 1. The number of thioether (sulfide) groups is 1. The van der Waals surface area contributed by atoms with Gasteiger partial charge >= 0.3 is 5.97 Å². The Balaban J connectivity index is 2.92. The molecule has 17 heavy (non-hydrogen) atoms. The Morgan fingerprint density at radius 1 is 1.47 bits per heavy atom. The molecular weight excluding hydrogens is 240 g/mol. The summed E-state index contributed by atoms with van der Waals surface area (Å²) < 4.78 is 0. The van der Waals surface area contributed by atoms with E-state index in [1.54, 1.807) is 4.90 Å². The zero-order valence-electron chi connectivity index (χ0n) is 9.97. The van der Waals surface area contributed by atoms with Crippen LogP contribution in [-0.2, 0) is 9.59 Å². The highest BCUT2D eigenvalue weighted by Gasteiger charge is 2.32. The van der Waals surface area contributed by atoms with Crippen LogP contribution in [0.5, 0.6) is 0 Å². The Morgan fingerprint density at radius 3 is 2.71 bits per heavy atom. The molecule has 1 fully saturated rings. The molecule has 0 spiro atoms. The predicted molar refractivity (Wildman–Crippen MR) is 67.9 cm³/mol. The second-order valence-electron chi connectivity index (χ2n) is 3.57. The molecule has 1 aliphatic rings. The molecule has 1 amide bonds. The van der Waals surface area contributed by atoms with E-state index in [9.17, 15) is 9.59 Å². The number of rotatable bonds is 5. The van der Waals surface area contributed by atoms with Crippen LogP contribution in [0, 0.1) is 0 Å². The summed E-state index contributed by atoms with van der Waals surface area (Å²) in [6, 6.07) is 0. The zero-order chi connectivity index (χ0) is 12.8. The van der Waals surface area contributed by atoms with Crippen LogP contribution in [0.4, 0.5) is 0 Å². The van der Waals surface area contributed by atoms with Crippen molar-refractivity contribution >= 4 is 28.8 Å². The topological polar surface area (TPSA) is 70.0 Å². The van der Waals surface area contributed by atoms with Crippen LogP contribution in [0.15, 0.2) is 16.0 Å². The number of amides is 1. The minimum atomic E-state index is -1.10. The molecule has 0 bridgehead atoms. The minimum absolute atomic E-state index is 0.237. The van der Waals surface area contributed by atoms with Gasteiger partial charge in [0, 0.05) is 19.2 Å². The third-order valence-corrected chi connectivity index (χ3v) is 3.10. The van der Waals surface area contributed by atoms with Gasteiger partial charge in [-0.25, -0.2) is 4.79 Å². The molecule has 1 rings (SSSR count). The molecule has 6 heteroatoms. The summed E-state index contributed by atoms with van der Waals surface area (Å²) in [7, 11) is 0. The number of carbonyl (C=O) groups excluding carboxylic acids is 1. The van der Waals surface area contributed by atoms with E-state index < -0.39 is 5.97 Å². The van der Waals surface area contributed by atoms with Gasteiger partial charge in [-0.2, -0.15) is 0 Å². The van der Waals surface area contributed by atoms with Gasteiger partial charge in [-0.05, 0) is 24.6 Å². The van der Waals surface area contributed by atoms with Crippen molar-refractivity contribution in [1.82, 2.24) is 4.90 Å². The van der Waals surface area contributed by atoms with Crippen molar-refractivity contribution in [3.8, 4) is 0 Å². The van der Waals surface area contributed by atoms with Gasteiger partial charge in [0.1, 0.15) is 0 Å². The van der Waals surface area contributed by atoms with Crippen LogP contribution in [0.25, 0.3) is 0 Å². The highest BCUT2D eigenvalue weighted by molar-refractivity contribution is 8.18. The number of carboxylic acids is 1. The van der Waals surface area contributed by atoms with E-state index in [0.29, 0.717) is 18.3 Å². The first-order valence-electron chi connectivity index (χ1n) is 5.58. The van der Waals surface area contributed by atoms with Gasteiger partial charge in [0.25, 0.3) is 5.91 Å². The van der Waals surface area contributed by atoms with E-state index in [0.717, 1.165) is 30.7 Å². The van der Waals surface area contributed by atoms with Gasteiger partial charge in [-0.3, -0.25) is 14.7 Å². The molecule has 0 radical (unpaired) electrons. The van der Waals surface area contributed by atoms with Crippen molar-refractivity contribution in [1.29, 1.82) is 0 Å². The largest absolute Gasteiger partial charge is 0.478 e. The normalized spacial score (nSPS) is 20.6. The molecule has 0 unspecified atom stereocenters. The van der Waals surface area contributed by atoms with Crippen molar-refractivity contribution in [3.05, 3.63) is 11.0 Å². The molecule has 0 aliphatic carbocycles. The van der Waals surface area contributed by atoms with E-state index in [1.165, 1.54) is 0 Å². The van der Waals surface area contributed by atoms with Crippen LogP contribution >= 0.6 is 11.8 Å².